The van der Waals surface area contributed by atoms with Gasteiger partial charge in [0.15, 0.2) is 0 Å². The van der Waals surface area contributed by atoms with Crippen LogP contribution < -0.4 is 10.6 Å². The lowest BCUT2D eigenvalue weighted by molar-refractivity contribution is 0.102. The van der Waals surface area contributed by atoms with Gasteiger partial charge in [-0.1, -0.05) is 24.3 Å². The summed E-state index contributed by atoms with van der Waals surface area (Å²) in [5.41, 5.74) is 1.84. The van der Waals surface area contributed by atoms with E-state index in [4.69, 9.17) is 0 Å². The van der Waals surface area contributed by atoms with Crippen molar-refractivity contribution in [3.05, 3.63) is 65.5 Å². The molecule has 1 aliphatic rings. The van der Waals surface area contributed by atoms with Crippen molar-refractivity contribution in [1.29, 1.82) is 0 Å². The average molecular weight is 284 g/mol. The van der Waals surface area contributed by atoms with Crippen molar-refractivity contribution in [2.45, 2.75) is 25.4 Å². The van der Waals surface area contributed by atoms with Gasteiger partial charge >= 0.3 is 0 Å². The van der Waals surface area contributed by atoms with Crippen LogP contribution in [0.15, 0.2) is 48.5 Å². The summed E-state index contributed by atoms with van der Waals surface area (Å²) in [5.74, 6) is -0.943. The number of amides is 1. The van der Waals surface area contributed by atoms with E-state index in [2.05, 4.69) is 10.6 Å². The normalized spacial score (nSPS) is 14.0. The van der Waals surface area contributed by atoms with Crippen LogP contribution in [0, 0.1) is 5.82 Å². The van der Waals surface area contributed by atoms with Gasteiger partial charge in [0, 0.05) is 18.3 Å². The molecule has 1 amide bonds. The second kappa shape index (κ2) is 6.06. The number of halogens is 1. The van der Waals surface area contributed by atoms with Crippen molar-refractivity contribution in [2.75, 3.05) is 5.32 Å². The maximum absolute atomic E-state index is 13.6. The lowest BCUT2D eigenvalue weighted by Gasteiger charge is -2.08. The smallest absolute Gasteiger partial charge is 0.258 e. The molecule has 0 saturated heterocycles. The van der Waals surface area contributed by atoms with E-state index in [0.29, 0.717) is 11.7 Å². The highest BCUT2D eigenvalue weighted by Gasteiger charge is 2.20. The van der Waals surface area contributed by atoms with E-state index in [1.807, 2.05) is 18.2 Å². The van der Waals surface area contributed by atoms with E-state index in [1.54, 1.807) is 18.2 Å². The van der Waals surface area contributed by atoms with E-state index in [1.165, 1.54) is 25.0 Å². The molecule has 1 saturated carbocycles. The molecular weight excluding hydrogens is 267 g/mol. The first kappa shape index (κ1) is 13.8. The fourth-order valence-electron chi connectivity index (χ4n) is 2.15. The zero-order chi connectivity index (χ0) is 14.7. The molecule has 2 aromatic rings. The van der Waals surface area contributed by atoms with Crippen LogP contribution in [0.2, 0.25) is 0 Å². The monoisotopic (exact) mass is 284 g/mol. The Morgan fingerprint density at radius 1 is 1.14 bits per heavy atom. The van der Waals surface area contributed by atoms with Crippen LogP contribution in [0.5, 0.6) is 0 Å². The Bertz CT molecular complexity index is 653. The number of anilines is 1. The standard InChI is InChI=1S/C17H17FN2O/c18-16-7-2-1-6-15(16)17(21)20-14-5-3-4-12(10-14)11-19-13-8-9-13/h1-7,10,13,19H,8-9,11H2,(H,20,21). The molecule has 0 radical (unpaired) electrons. The van der Waals surface area contributed by atoms with Gasteiger partial charge < -0.3 is 10.6 Å². The summed E-state index contributed by atoms with van der Waals surface area (Å²) in [6.45, 7) is 0.786. The zero-order valence-electron chi connectivity index (χ0n) is 11.6. The topological polar surface area (TPSA) is 41.1 Å². The number of hydrogen-bond donors (Lipinski definition) is 2. The van der Waals surface area contributed by atoms with Crippen molar-refractivity contribution in [3.8, 4) is 0 Å². The quantitative estimate of drug-likeness (QED) is 0.884. The van der Waals surface area contributed by atoms with Gasteiger partial charge in [-0.15, -0.1) is 0 Å². The number of carbonyl (C=O) groups excluding carboxylic acids is 1. The molecule has 0 spiro atoms. The molecule has 0 heterocycles. The van der Waals surface area contributed by atoms with Crippen LogP contribution in [-0.2, 0) is 6.54 Å². The third-order valence-corrected chi connectivity index (χ3v) is 3.48. The predicted octanol–water partition coefficient (Wildman–Crippen LogP) is 3.33. The summed E-state index contributed by atoms with van der Waals surface area (Å²) in [6, 6.07) is 14.2. The molecule has 3 rings (SSSR count). The molecule has 0 atom stereocenters. The van der Waals surface area contributed by atoms with Crippen LogP contribution >= 0.6 is 0 Å². The van der Waals surface area contributed by atoms with Gasteiger partial charge in [-0.25, -0.2) is 4.39 Å². The third kappa shape index (κ3) is 3.67. The molecule has 2 N–H and O–H groups in total. The van der Waals surface area contributed by atoms with E-state index in [9.17, 15) is 9.18 Å². The van der Waals surface area contributed by atoms with Gasteiger partial charge in [-0.2, -0.15) is 0 Å². The summed E-state index contributed by atoms with van der Waals surface area (Å²) in [6.07, 6.45) is 2.48. The Hall–Kier alpha value is -2.20. The van der Waals surface area contributed by atoms with Gasteiger partial charge in [-0.3, -0.25) is 4.79 Å². The average Bonchev–Trinajstić information content (AvgIpc) is 3.30. The maximum Gasteiger partial charge on any atom is 0.258 e. The second-order valence-electron chi connectivity index (χ2n) is 5.29. The van der Waals surface area contributed by atoms with E-state index in [0.717, 1.165) is 12.1 Å². The molecule has 0 bridgehead atoms. The molecule has 21 heavy (non-hydrogen) atoms. The minimum atomic E-state index is -0.512. The summed E-state index contributed by atoms with van der Waals surface area (Å²) < 4.78 is 13.6. The molecule has 0 aromatic heterocycles. The summed E-state index contributed by atoms with van der Waals surface area (Å²) >= 11 is 0. The Kier molecular flexibility index (Phi) is 3.97. The molecule has 1 aliphatic carbocycles. The first-order valence-corrected chi connectivity index (χ1v) is 7.10. The van der Waals surface area contributed by atoms with E-state index >= 15 is 0 Å². The number of rotatable bonds is 5. The lowest BCUT2D eigenvalue weighted by Crippen LogP contribution is -2.16. The van der Waals surface area contributed by atoms with Gasteiger partial charge in [0.25, 0.3) is 5.91 Å². The molecule has 0 aliphatic heterocycles. The van der Waals surface area contributed by atoms with Crippen molar-refractivity contribution >= 4 is 11.6 Å². The molecule has 0 unspecified atom stereocenters. The Balaban J connectivity index is 1.67. The van der Waals surface area contributed by atoms with Crippen molar-refractivity contribution in [1.82, 2.24) is 5.32 Å². The molecule has 4 heteroatoms. The highest BCUT2D eigenvalue weighted by molar-refractivity contribution is 6.04. The van der Waals surface area contributed by atoms with Crippen molar-refractivity contribution in [3.63, 3.8) is 0 Å². The Morgan fingerprint density at radius 2 is 1.95 bits per heavy atom. The summed E-state index contributed by atoms with van der Waals surface area (Å²) in [5, 5.41) is 6.16. The highest BCUT2D eigenvalue weighted by atomic mass is 19.1. The zero-order valence-corrected chi connectivity index (χ0v) is 11.6. The SMILES string of the molecule is O=C(Nc1cccc(CNC2CC2)c1)c1ccccc1F. The highest BCUT2D eigenvalue weighted by Crippen LogP contribution is 2.20. The molecule has 2 aromatic carbocycles. The van der Waals surface area contributed by atoms with Crippen LogP contribution in [-0.4, -0.2) is 11.9 Å². The van der Waals surface area contributed by atoms with Crippen LogP contribution in [0.4, 0.5) is 10.1 Å². The third-order valence-electron chi connectivity index (χ3n) is 3.48. The number of carbonyl (C=O) groups is 1. The number of hydrogen-bond acceptors (Lipinski definition) is 2. The number of benzene rings is 2. The van der Waals surface area contributed by atoms with Crippen molar-refractivity contribution in [2.24, 2.45) is 0 Å². The molecule has 3 nitrogen and oxygen atoms in total. The van der Waals surface area contributed by atoms with Gasteiger partial charge in [0.1, 0.15) is 5.82 Å². The van der Waals surface area contributed by atoms with Crippen LogP contribution in [0.3, 0.4) is 0 Å². The first-order valence-electron chi connectivity index (χ1n) is 7.10. The second-order valence-corrected chi connectivity index (χ2v) is 5.29. The predicted molar refractivity (Wildman–Crippen MR) is 80.7 cm³/mol. The van der Waals surface area contributed by atoms with E-state index < -0.39 is 11.7 Å². The fourth-order valence-corrected chi connectivity index (χ4v) is 2.15. The van der Waals surface area contributed by atoms with Gasteiger partial charge in [0.05, 0.1) is 5.56 Å². The molecule has 108 valence electrons. The summed E-state index contributed by atoms with van der Waals surface area (Å²) in [7, 11) is 0. The Morgan fingerprint density at radius 3 is 2.71 bits per heavy atom. The molecular formula is C17H17FN2O. The first-order chi connectivity index (χ1) is 10.2. The van der Waals surface area contributed by atoms with Crippen molar-refractivity contribution < 1.29 is 9.18 Å². The largest absolute Gasteiger partial charge is 0.322 e. The fraction of sp³-hybridized carbons (Fsp3) is 0.235. The lowest BCUT2D eigenvalue weighted by atomic mass is 10.1. The Labute approximate surface area is 123 Å². The maximum atomic E-state index is 13.6. The van der Waals surface area contributed by atoms with E-state index in [-0.39, 0.29) is 5.56 Å². The minimum Gasteiger partial charge on any atom is -0.322 e. The number of nitrogens with one attached hydrogen (secondary N) is 2. The van der Waals surface area contributed by atoms with Crippen LogP contribution in [0.1, 0.15) is 28.8 Å². The minimum absolute atomic E-state index is 0.0546. The van der Waals surface area contributed by atoms with Gasteiger partial charge in [0.2, 0.25) is 0 Å². The molecule has 1 fully saturated rings. The van der Waals surface area contributed by atoms with Crippen LogP contribution in [0.25, 0.3) is 0 Å². The van der Waals surface area contributed by atoms with Gasteiger partial charge in [-0.05, 0) is 42.7 Å². The summed E-state index contributed by atoms with van der Waals surface area (Å²) in [4.78, 5) is 12.1.